The normalized spacial score (nSPS) is 13.1. The maximum absolute atomic E-state index is 5.96. The minimum atomic E-state index is -1.98. The van der Waals surface area contributed by atoms with E-state index in [1.807, 2.05) is 24.3 Å². The molecular weight excluding hydrogens is 488 g/mol. The number of hydrogen-bond donors (Lipinski definition) is 0. The predicted molar refractivity (Wildman–Crippen MR) is 162 cm³/mol. The Hall–Kier alpha value is -2.46. The first-order valence-corrected chi connectivity index (χ1v) is 15.7. The molecule has 38 heavy (non-hydrogen) atoms. The van der Waals surface area contributed by atoms with Gasteiger partial charge in [0.25, 0.3) is 0 Å². The summed E-state index contributed by atoms with van der Waals surface area (Å²) in [6.45, 7) is 15.2. The van der Waals surface area contributed by atoms with Gasteiger partial charge >= 0.3 is 0 Å². The molecular formula is C33H46O4Si. The van der Waals surface area contributed by atoms with E-state index in [2.05, 4.69) is 95.5 Å². The summed E-state index contributed by atoms with van der Waals surface area (Å²) in [7, 11) is 1.30. The summed E-state index contributed by atoms with van der Waals surface area (Å²) in [6.07, 6.45) is 2.17. The third kappa shape index (κ3) is 8.79. The fraction of sp³-hybridized carbons (Fsp3) is 0.455. The number of methoxy groups -OCH3 is 2. The molecule has 0 aliphatic carbocycles. The second-order valence-corrected chi connectivity index (χ2v) is 16.0. The molecule has 0 spiro atoms. The maximum atomic E-state index is 5.96. The Kier molecular flexibility index (Phi) is 13.8. The van der Waals surface area contributed by atoms with Crippen LogP contribution in [0.15, 0.2) is 71.8 Å². The van der Waals surface area contributed by atoms with Crippen LogP contribution in [0.5, 0.6) is 0 Å². The van der Waals surface area contributed by atoms with E-state index in [0.717, 1.165) is 27.8 Å². The Morgan fingerprint density at radius 3 is 1.74 bits per heavy atom. The summed E-state index contributed by atoms with van der Waals surface area (Å²) < 4.78 is 22.3. The number of rotatable bonds is 14. The first-order chi connectivity index (χ1) is 18.3. The Morgan fingerprint density at radius 2 is 1.24 bits per heavy atom. The molecule has 206 valence electrons. The Morgan fingerprint density at radius 1 is 0.737 bits per heavy atom. The van der Waals surface area contributed by atoms with Crippen LogP contribution in [0.2, 0.25) is 16.6 Å². The molecule has 0 aromatic heterocycles. The highest BCUT2D eigenvalue weighted by Crippen LogP contribution is 2.41. The third-order valence-electron chi connectivity index (χ3n) is 7.03. The minimum Gasteiger partial charge on any atom is -0.359 e. The molecule has 0 N–H and O–H groups in total. The zero-order valence-electron chi connectivity index (χ0n) is 24.5. The summed E-state index contributed by atoms with van der Waals surface area (Å²) >= 11 is 0. The van der Waals surface area contributed by atoms with Gasteiger partial charge in [0.1, 0.15) is 21.7 Å². The van der Waals surface area contributed by atoms with Crippen LogP contribution < -0.4 is 0 Å². The van der Waals surface area contributed by atoms with E-state index in [-0.39, 0.29) is 13.6 Å². The van der Waals surface area contributed by atoms with Crippen LogP contribution in [0.25, 0.3) is 11.6 Å². The monoisotopic (exact) mass is 534 g/mol. The van der Waals surface area contributed by atoms with Gasteiger partial charge in [0.2, 0.25) is 0 Å². The molecule has 2 aromatic rings. The number of hydrogen-bond acceptors (Lipinski definition) is 4. The van der Waals surface area contributed by atoms with Crippen molar-refractivity contribution < 1.29 is 18.9 Å². The van der Waals surface area contributed by atoms with Gasteiger partial charge in [-0.15, -0.1) is 5.54 Å². The summed E-state index contributed by atoms with van der Waals surface area (Å²) in [4.78, 5) is 0. The van der Waals surface area contributed by atoms with E-state index in [1.54, 1.807) is 14.2 Å². The Balaban J connectivity index is 2.88. The van der Waals surface area contributed by atoms with Crippen molar-refractivity contribution in [3.8, 4) is 11.5 Å². The zero-order valence-corrected chi connectivity index (χ0v) is 25.5. The molecule has 0 radical (unpaired) electrons. The Labute approximate surface area is 232 Å². The highest BCUT2D eigenvalue weighted by atomic mass is 28.3. The van der Waals surface area contributed by atoms with E-state index in [1.165, 1.54) is 0 Å². The van der Waals surface area contributed by atoms with Crippen LogP contribution >= 0.6 is 0 Å². The van der Waals surface area contributed by atoms with Crippen molar-refractivity contribution in [1.82, 2.24) is 0 Å². The van der Waals surface area contributed by atoms with Gasteiger partial charge in [0, 0.05) is 25.4 Å². The van der Waals surface area contributed by atoms with Gasteiger partial charge in [-0.05, 0) is 39.4 Å². The summed E-state index contributed by atoms with van der Waals surface area (Å²) in [5.41, 5.74) is 10.7. The molecule has 0 aliphatic heterocycles. The molecule has 0 bridgehead atoms. The van der Waals surface area contributed by atoms with Crippen molar-refractivity contribution in [2.75, 3.05) is 41.0 Å². The second kappa shape index (κ2) is 16.5. The van der Waals surface area contributed by atoms with Crippen LogP contribution in [-0.4, -0.2) is 49.1 Å². The minimum absolute atomic E-state index is 0.201. The smallest absolute Gasteiger partial charge is 0.146 e. The van der Waals surface area contributed by atoms with Crippen LogP contribution in [0.4, 0.5) is 0 Å². The predicted octanol–water partition coefficient (Wildman–Crippen LogP) is 7.99. The molecule has 2 aromatic carbocycles. The molecule has 5 heteroatoms. The zero-order chi connectivity index (χ0) is 28.0. The molecule has 0 aliphatic rings. The highest BCUT2D eigenvalue weighted by molar-refractivity contribution is 6.90. The van der Waals surface area contributed by atoms with Gasteiger partial charge in [-0.1, -0.05) is 108 Å². The Bertz CT molecular complexity index is 1050. The molecule has 4 nitrogen and oxygen atoms in total. The molecule has 0 atom stereocenters. The van der Waals surface area contributed by atoms with Crippen molar-refractivity contribution in [1.29, 1.82) is 0 Å². The van der Waals surface area contributed by atoms with E-state index < -0.39 is 8.07 Å². The lowest BCUT2D eigenvalue weighted by Crippen LogP contribution is -2.43. The van der Waals surface area contributed by atoms with Crippen LogP contribution in [0.1, 0.15) is 52.7 Å². The largest absolute Gasteiger partial charge is 0.359 e. The van der Waals surface area contributed by atoms with E-state index in [0.29, 0.717) is 29.8 Å². The number of benzene rings is 2. The average Bonchev–Trinajstić information content (AvgIpc) is 2.89. The van der Waals surface area contributed by atoms with Crippen molar-refractivity contribution in [3.63, 3.8) is 0 Å². The molecule has 0 amide bonds. The summed E-state index contributed by atoms with van der Waals surface area (Å²) in [5.74, 6) is 3.70. The third-order valence-corrected chi connectivity index (χ3v) is 13.3. The van der Waals surface area contributed by atoms with Crippen molar-refractivity contribution in [3.05, 3.63) is 82.9 Å². The number of ether oxygens (including phenoxy) is 4. The lowest BCUT2D eigenvalue weighted by molar-refractivity contribution is -0.0210. The van der Waals surface area contributed by atoms with Gasteiger partial charge in [0.15, 0.2) is 0 Å². The molecule has 0 fully saturated rings. The van der Waals surface area contributed by atoms with Crippen molar-refractivity contribution >= 4 is 19.7 Å². The van der Waals surface area contributed by atoms with Gasteiger partial charge < -0.3 is 18.9 Å². The van der Waals surface area contributed by atoms with Crippen molar-refractivity contribution in [2.45, 2.75) is 58.2 Å². The molecule has 0 saturated heterocycles. The van der Waals surface area contributed by atoms with Crippen LogP contribution in [0.3, 0.4) is 0 Å². The lowest BCUT2D eigenvalue weighted by Gasteiger charge is -2.38. The van der Waals surface area contributed by atoms with Gasteiger partial charge in [-0.2, -0.15) is 0 Å². The maximum Gasteiger partial charge on any atom is 0.146 e. The van der Waals surface area contributed by atoms with Crippen LogP contribution in [0, 0.1) is 11.5 Å². The fourth-order valence-electron chi connectivity index (χ4n) is 5.34. The van der Waals surface area contributed by atoms with Gasteiger partial charge in [-0.25, -0.2) is 0 Å². The van der Waals surface area contributed by atoms with E-state index in [4.69, 9.17) is 18.9 Å². The van der Waals surface area contributed by atoms with Gasteiger partial charge in [-0.3, -0.25) is 0 Å². The first kappa shape index (κ1) is 31.8. The lowest BCUT2D eigenvalue weighted by atomic mass is 9.92. The van der Waals surface area contributed by atoms with E-state index in [9.17, 15) is 0 Å². The molecule has 0 unspecified atom stereocenters. The summed E-state index contributed by atoms with van der Waals surface area (Å²) in [6, 6.07) is 20.7. The topological polar surface area (TPSA) is 36.9 Å². The van der Waals surface area contributed by atoms with Gasteiger partial charge in [0.05, 0.1) is 13.2 Å². The quantitative estimate of drug-likeness (QED) is 0.0809. The molecule has 0 heterocycles. The van der Waals surface area contributed by atoms with Crippen LogP contribution in [-0.2, 0) is 18.9 Å². The van der Waals surface area contributed by atoms with E-state index >= 15 is 0 Å². The van der Waals surface area contributed by atoms with Crippen molar-refractivity contribution in [2.24, 2.45) is 0 Å². The summed E-state index contributed by atoms with van der Waals surface area (Å²) in [5, 5.41) is 0. The standard InChI is InChI=1S/C33H46O4Si/c1-26(2)38(27(3)4,28(5)6)20-19-31(22-36-24-34-7)33(30-17-13-10-14-18-30)32(23-37-25-35-8)21-29-15-11-9-12-16-29/h9-18,21,26-28H,22-25H2,1-8H3/b32-21+,33-31+. The highest BCUT2D eigenvalue weighted by Gasteiger charge is 2.41. The molecule has 0 saturated carbocycles. The SMILES string of the molecule is COCOCC(=C\c1ccccc1)/C(=C(\C#C[Si](C(C)C)(C(C)C)C(C)C)COCOC)c1ccccc1. The second-order valence-electron chi connectivity index (χ2n) is 10.5. The average molecular weight is 535 g/mol. The first-order valence-electron chi connectivity index (χ1n) is 13.5. The fourth-order valence-corrected chi connectivity index (χ4v) is 10.6. The molecule has 2 rings (SSSR count).